The van der Waals surface area contributed by atoms with Crippen LogP contribution in [0, 0.1) is 0 Å². The van der Waals surface area contributed by atoms with Crippen LogP contribution in [0.15, 0.2) is 58.3 Å². The molecule has 1 unspecified atom stereocenters. The number of hydrogen-bond donors (Lipinski definition) is 0. The molecule has 0 spiro atoms. The summed E-state index contributed by atoms with van der Waals surface area (Å²) in [4.78, 5) is 0.556. The number of sulfone groups is 1. The third kappa shape index (κ3) is 3.40. The first-order valence-corrected chi connectivity index (χ1v) is 12.5. The topological polar surface area (TPSA) is 69.0 Å². The minimum atomic E-state index is -3.40. The van der Waals surface area contributed by atoms with Gasteiger partial charge in [0.2, 0.25) is 0 Å². The molecular weight excluding hydrogens is 454 g/mol. The van der Waals surface area contributed by atoms with Gasteiger partial charge in [0.15, 0.2) is 9.84 Å². The zero-order chi connectivity index (χ0) is 21.8. The van der Waals surface area contributed by atoms with E-state index in [1.807, 2.05) is 0 Å². The van der Waals surface area contributed by atoms with Gasteiger partial charge in [-0.3, -0.25) is 4.21 Å². The van der Waals surface area contributed by atoms with E-state index in [1.54, 1.807) is 18.2 Å². The van der Waals surface area contributed by atoms with Crippen molar-refractivity contribution in [3.05, 3.63) is 59.2 Å². The molecule has 0 N–H and O–H groups in total. The molecule has 0 saturated heterocycles. The van der Waals surface area contributed by atoms with E-state index in [-0.39, 0.29) is 15.3 Å². The molecule has 0 saturated carbocycles. The average Bonchev–Trinajstić information content (AvgIpc) is 3.08. The number of nitrogens with zero attached hydrogens (tertiary/aromatic N) is 2. The van der Waals surface area contributed by atoms with Crippen molar-refractivity contribution in [3.8, 4) is 5.69 Å². The second kappa shape index (κ2) is 7.40. The number of alkyl halides is 2. The van der Waals surface area contributed by atoms with Crippen molar-refractivity contribution in [2.24, 2.45) is 0 Å². The second-order valence-electron chi connectivity index (χ2n) is 6.75. The first-order chi connectivity index (χ1) is 14.1. The Morgan fingerprint density at radius 1 is 1.00 bits per heavy atom. The van der Waals surface area contributed by atoms with Gasteiger partial charge in [0.05, 0.1) is 36.8 Å². The van der Waals surface area contributed by atoms with Crippen LogP contribution in [0.25, 0.3) is 27.4 Å². The first-order valence-electron chi connectivity index (χ1n) is 8.65. The summed E-state index contributed by atoms with van der Waals surface area (Å²) >= 11 is 6.44. The molecule has 4 aromatic rings. The molecule has 0 aliphatic heterocycles. The number of hydrogen-bond acceptors (Lipinski definition) is 4. The Morgan fingerprint density at radius 2 is 1.60 bits per heavy atom. The maximum Gasteiger partial charge on any atom is 0.282 e. The molecule has 0 radical (unpaired) electrons. The molecule has 10 heteroatoms. The molecule has 5 nitrogen and oxygen atoms in total. The average molecular weight is 469 g/mol. The van der Waals surface area contributed by atoms with E-state index in [1.165, 1.54) is 41.3 Å². The van der Waals surface area contributed by atoms with E-state index in [0.29, 0.717) is 26.9 Å². The van der Waals surface area contributed by atoms with Gasteiger partial charge in [-0.25, -0.2) is 21.9 Å². The van der Waals surface area contributed by atoms with Gasteiger partial charge in [-0.1, -0.05) is 23.7 Å². The molecule has 1 atom stereocenters. The van der Waals surface area contributed by atoms with Gasteiger partial charge in [-0.05, 0) is 36.4 Å². The normalized spacial score (nSPS) is 13.4. The lowest BCUT2D eigenvalue weighted by molar-refractivity contribution is 0.147. The maximum absolute atomic E-state index is 13.7. The van der Waals surface area contributed by atoms with E-state index in [0.717, 1.165) is 6.26 Å². The van der Waals surface area contributed by atoms with Gasteiger partial charge in [-0.2, -0.15) is 5.10 Å². The fourth-order valence-corrected chi connectivity index (χ4v) is 5.19. The SMILES string of the molecule is CS(=O)c1ccc2c(ccc3c(C(F)F)nn(-c4ccc(S(C)(=O)=O)cc4)c32)c1Cl. The summed E-state index contributed by atoms with van der Waals surface area (Å²) < 4.78 is 64.1. The van der Waals surface area contributed by atoms with Crippen LogP contribution in [-0.2, 0) is 20.6 Å². The summed E-state index contributed by atoms with van der Waals surface area (Å²) in [6, 6.07) is 12.2. The van der Waals surface area contributed by atoms with Crippen LogP contribution in [0.4, 0.5) is 8.78 Å². The van der Waals surface area contributed by atoms with Gasteiger partial charge >= 0.3 is 0 Å². The Kier molecular flexibility index (Phi) is 5.16. The van der Waals surface area contributed by atoms with E-state index < -0.39 is 32.8 Å². The number of rotatable bonds is 4. The minimum Gasteiger partial charge on any atom is -0.255 e. The number of aromatic nitrogens is 2. The number of benzene rings is 3. The Bertz CT molecular complexity index is 1430. The van der Waals surface area contributed by atoms with Crippen LogP contribution >= 0.6 is 11.6 Å². The molecule has 1 aromatic heterocycles. The second-order valence-corrected chi connectivity index (χ2v) is 10.5. The third-order valence-electron chi connectivity index (χ3n) is 4.79. The summed E-state index contributed by atoms with van der Waals surface area (Å²) in [7, 11) is -4.72. The van der Waals surface area contributed by atoms with Crippen LogP contribution in [-0.4, -0.2) is 34.9 Å². The summed E-state index contributed by atoms with van der Waals surface area (Å²) in [5.41, 5.74) is 0.440. The molecule has 0 amide bonds. The molecule has 156 valence electrons. The summed E-state index contributed by atoms with van der Waals surface area (Å²) in [6.07, 6.45) is -0.210. The van der Waals surface area contributed by atoms with E-state index in [4.69, 9.17) is 11.6 Å². The van der Waals surface area contributed by atoms with Crippen molar-refractivity contribution < 1.29 is 21.4 Å². The van der Waals surface area contributed by atoms with Crippen molar-refractivity contribution in [1.29, 1.82) is 0 Å². The van der Waals surface area contributed by atoms with Crippen LogP contribution in [0.1, 0.15) is 12.1 Å². The Labute approximate surface area is 178 Å². The van der Waals surface area contributed by atoms with Gasteiger partial charge in [-0.15, -0.1) is 0 Å². The van der Waals surface area contributed by atoms with Gasteiger partial charge in [0.1, 0.15) is 5.69 Å². The largest absolute Gasteiger partial charge is 0.282 e. The van der Waals surface area contributed by atoms with Crippen molar-refractivity contribution in [3.63, 3.8) is 0 Å². The minimum absolute atomic E-state index is 0.111. The van der Waals surface area contributed by atoms with Crippen molar-refractivity contribution >= 4 is 53.9 Å². The molecular formula is C20H15ClF2N2O3S2. The summed E-state index contributed by atoms with van der Waals surface area (Å²) in [5, 5.41) is 5.77. The fraction of sp³-hybridized carbons (Fsp3) is 0.150. The van der Waals surface area contributed by atoms with Gasteiger partial charge in [0, 0.05) is 28.7 Å². The molecule has 0 bridgehead atoms. The highest BCUT2D eigenvalue weighted by Crippen LogP contribution is 2.38. The molecule has 0 aliphatic carbocycles. The van der Waals surface area contributed by atoms with Gasteiger partial charge < -0.3 is 0 Å². The van der Waals surface area contributed by atoms with E-state index in [9.17, 15) is 21.4 Å². The number of fused-ring (bicyclic) bond motifs is 3. The predicted molar refractivity (Wildman–Crippen MR) is 114 cm³/mol. The summed E-state index contributed by atoms with van der Waals surface area (Å²) in [5.74, 6) is 0. The highest BCUT2D eigenvalue weighted by atomic mass is 35.5. The zero-order valence-electron chi connectivity index (χ0n) is 15.8. The van der Waals surface area contributed by atoms with Crippen LogP contribution in [0.3, 0.4) is 0 Å². The zero-order valence-corrected chi connectivity index (χ0v) is 18.2. The van der Waals surface area contributed by atoms with Crippen molar-refractivity contribution in [1.82, 2.24) is 9.78 Å². The van der Waals surface area contributed by atoms with E-state index in [2.05, 4.69) is 5.10 Å². The molecule has 30 heavy (non-hydrogen) atoms. The lowest BCUT2D eigenvalue weighted by atomic mass is 10.1. The molecule has 0 aliphatic rings. The highest BCUT2D eigenvalue weighted by Gasteiger charge is 2.22. The number of halogens is 3. The standard InChI is InChI=1S/C20H15ClF2N2O3S2/c1-29(26)16-10-9-14-13(17(16)21)7-8-15-18(20(22)23)24-25(19(14)15)11-3-5-12(6-4-11)30(2,27)28/h3-10,20H,1-2H3. The third-order valence-corrected chi connectivity index (χ3v) is 7.40. The monoisotopic (exact) mass is 468 g/mol. The Balaban J connectivity index is 2.07. The summed E-state index contributed by atoms with van der Waals surface area (Å²) in [6.45, 7) is 0. The molecule has 0 fully saturated rings. The van der Waals surface area contributed by atoms with Gasteiger partial charge in [0.25, 0.3) is 6.43 Å². The Hall–Kier alpha value is -2.36. The lowest BCUT2D eigenvalue weighted by Crippen LogP contribution is -2.01. The first kappa shape index (κ1) is 20.9. The fourth-order valence-electron chi connectivity index (χ4n) is 3.38. The van der Waals surface area contributed by atoms with Crippen molar-refractivity contribution in [2.75, 3.05) is 12.5 Å². The quantitative estimate of drug-likeness (QED) is 0.426. The van der Waals surface area contributed by atoms with Crippen LogP contribution < -0.4 is 0 Å². The van der Waals surface area contributed by atoms with Crippen LogP contribution in [0.2, 0.25) is 5.02 Å². The highest BCUT2D eigenvalue weighted by molar-refractivity contribution is 7.90. The Morgan fingerprint density at radius 3 is 2.17 bits per heavy atom. The van der Waals surface area contributed by atoms with E-state index >= 15 is 0 Å². The van der Waals surface area contributed by atoms with Crippen LogP contribution in [0.5, 0.6) is 0 Å². The molecule has 4 rings (SSSR count). The molecule has 1 heterocycles. The maximum atomic E-state index is 13.7. The molecule has 3 aromatic carbocycles. The lowest BCUT2D eigenvalue weighted by Gasteiger charge is -2.10. The van der Waals surface area contributed by atoms with Crippen molar-refractivity contribution in [2.45, 2.75) is 16.2 Å². The predicted octanol–water partition coefficient (Wildman–Crippen LogP) is 4.91. The smallest absolute Gasteiger partial charge is 0.255 e.